The second kappa shape index (κ2) is 41.1. The second-order valence-corrected chi connectivity index (χ2v) is 35.0. The standard InChI is InChI=1S/3C29H29N7O3.C18H20N4O2/c3*1-4-39-29(38)22-15-31-36-25(33(2)16-19-9-6-5-7-10-19)14-24(32-28(22)36)23-18-35(20-13-26(37)34(3)17-20)27-21(23)11-8-12-30-27;1-4-24-18(23)15-11-19-22-16(10-13(2)20-17(15)22)21(3)12-14-8-6-5-7-9-14/h3*5-12,14-15,18,20H,4,13,16-17H2,1-3H3;5-11H,4,12H2,1-3H3/t2*20-;;/m10../s1. The van der Waals surface area contributed by atoms with Gasteiger partial charge in [-0.2, -0.15) is 38.5 Å². The highest BCUT2D eigenvalue weighted by atomic mass is 16.5. The predicted molar refractivity (Wildman–Crippen MR) is 535 cm³/mol. The maximum Gasteiger partial charge on any atom is 0.343 e. The molecule has 0 radical (unpaired) electrons. The molecule has 4 aromatic carbocycles. The summed E-state index contributed by atoms with van der Waals surface area (Å²) in [5, 5.41) is 20.7. The van der Waals surface area contributed by atoms with E-state index in [1.165, 1.54) is 30.4 Å². The first kappa shape index (κ1) is 94.3. The number of carbonyl (C=O) groups excluding carboxylic acids is 7. The monoisotopic (exact) mass is 1890 g/mol. The van der Waals surface area contributed by atoms with Crippen molar-refractivity contribution >= 4 is 121 Å². The number of likely N-dealkylation sites (tertiary alicyclic amines) is 3. The molecule has 21 rings (SSSR count). The molecule has 18 aromatic rings. The minimum Gasteiger partial charge on any atom is -0.462 e. The Hall–Kier alpha value is -17.1. The van der Waals surface area contributed by atoms with E-state index in [9.17, 15) is 33.6 Å². The Balaban J connectivity index is 0.000000126. The lowest BCUT2D eigenvalue weighted by atomic mass is 10.1. The summed E-state index contributed by atoms with van der Waals surface area (Å²) in [6.45, 7) is 14.6. The highest BCUT2D eigenvalue weighted by Crippen LogP contribution is 2.41. The van der Waals surface area contributed by atoms with Gasteiger partial charge in [0.2, 0.25) is 17.7 Å². The van der Waals surface area contributed by atoms with E-state index in [0.717, 1.165) is 102 Å². The van der Waals surface area contributed by atoms with Gasteiger partial charge in [-0.3, -0.25) is 14.4 Å². The Morgan fingerprint density at radius 3 is 0.823 bits per heavy atom. The summed E-state index contributed by atoms with van der Waals surface area (Å²) in [5.74, 6) is 1.73. The van der Waals surface area contributed by atoms with Crippen molar-refractivity contribution < 1.29 is 52.5 Å². The van der Waals surface area contributed by atoms with E-state index < -0.39 is 23.9 Å². The van der Waals surface area contributed by atoms with Crippen LogP contribution in [0.1, 0.15) is 134 Å². The maximum absolute atomic E-state index is 12.8. The van der Waals surface area contributed by atoms with Crippen LogP contribution in [-0.4, -0.2) is 239 Å². The van der Waals surface area contributed by atoms with Gasteiger partial charge in [-0.05, 0) is 93.3 Å². The molecular formula is C105H107N25O11. The molecule has 0 saturated carbocycles. The number of hydrogen-bond acceptors (Lipinski definition) is 26. The molecule has 0 aliphatic carbocycles. The van der Waals surface area contributed by atoms with E-state index in [1.807, 2.05) is 208 Å². The minimum absolute atomic E-state index is 0.0253. The van der Waals surface area contributed by atoms with Gasteiger partial charge >= 0.3 is 23.9 Å². The first-order valence-corrected chi connectivity index (χ1v) is 46.7. The predicted octanol–water partition coefficient (Wildman–Crippen LogP) is 14.7. The molecule has 14 aromatic heterocycles. The zero-order valence-corrected chi connectivity index (χ0v) is 80.4. The zero-order valence-electron chi connectivity index (χ0n) is 80.4. The molecule has 0 N–H and O–H groups in total. The van der Waals surface area contributed by atoms with Crippen LogP contribution >= 0.6 is 0 Å². The maximum atomic E-state index is 12.8. The van der Waals surface area contributed by atoms with Gasteiger partial charge in [-0.1, -0.05) is 121 Å². The number of esters is 4. The lowest BCUT2D eigenvalue weighted by Crippen LogP contribution is -2.20. The molecule has 0 spiro atoms. The van der Waals surface area contributed by atoms with Gasteiger partial charge < -0.3 is 66.9 Å². The fourth-order valence-corrected chi connectivity index (χ4v) is 18.3. The third-order valence-electron chi connectivity index (χ3n) is 25.3. The number of ether oxygens (including phenoxy) is 4. The number of anilines is 4. The molecule has 17 heterocycles. The molecule has 141 heavy (non-hydrogen) atoms. The van der Waals surface area contributed by atoms with Crippen LogP contribution in [0.25, 0.3) is 89.5 Å². The highest BCUT2D eigenvalue weighted by molar-refractivity contribution is 6.02. The van der Waals surface area contributed by atoms with E-state index in [2.05, 4.69) is 122 Å². The number of likely N-dealkylation sites (N-methyl/N-ethyl adjacent to an activating group) is 3. The van der Waals surface area contributed by atoms with Crippen LogP contribution in [0, 0.1) is 6.92 Å². The Morgan fingerprint density at radius 1 is 0.333 bits per heavy atom. The van der Waals surface area contributed by atoms with Crippen molar-refractivity contribution in [1.29, 1.82) is 0 Å². The van der Waals surface area contributed by atoms with E-state index in [4.69, 9.17) is 33.9 Å². The number of pyridine rings is 3. The number of fused-ring (bicyclic) bond motifs is 7. The average molecular weight is 1900 g/mol. The first-order valence-electron chi connectivity index (χ1n) is 46.7. The van der Waals surface area contributed by atoms with E-state index >= 15 is 0 Å². The summed E-state index contributed by atoms with van der Waals surface area (Å²) in [6, 6.07) is 60.2. The zero-order chi connectivity index (χ0) is 98.4. The highest BCUT2D eigenvalue weighted by Gasteiger charge is 2.36. The van der Waals surface area contributed by atoms with Gasteiger partial charge in [-0.15, -0.1) is 0 Å². The van der Waals surface area contributed by atoms with Crippen LogP contribution in [0.5, 0.6) is 0 Å². The van der Waals surface area contributed by atoms with Crippen molar-refractivity contribution in [2.75, 3.05) is 115 Å². The van der Waals surface area contributed by atoms with Gasteiger partial charge in [-0.25, -0.2) is 54.1 Å². The van der Waals surface area contributed by atoms with Crippen molar-refractivity contribution in [2.45, 2.75) is 98.2 Å². The summed E-state index contributed by atoms with van der Waals surface area (Å²) in [5.41, 5.74) is 15.5. The van der Waals surface area contributed by atoms with Gasteiger partial charge in [0.15, 0.2) is 22.6 Å². The van der Waals surface area contributed by atoms with Gasteiger partial charge in [0.25, 0.3) is 0 Å². The largest absolute Gasteiger partial charge is 0.462 e. The van der Waals surface area contributed by atoms with E-state index in [1.54, 1.807) is 79.0 Å². The summed E-state index contributed by atoms with van der Waals surface area (Å²) in [7, 11) is 13.4. The quantitative estimate of drug-likeness (QED) is 0.0359. The Bertz CT molecular complexity index is 7110. The van der Waals surface area contributed by atoms with Gasteiger partial charge in [0, 0.05) is 214 Å². The molecule has 3 fully saturated rings. The number of amides is 3. The van der Waals surface area contributed by atoms with Crippen LogP contribution in [0.4, 0.5) is 23.3 Å². The molecular weight excluding hydrogens is 1790 g/mol. The van der Waals surface area contributed by atoms with Crippen LogP contribution in [-0.2, 0) is 59.5 Å². The van der Waals surface area contributed by atoms with Crippen molar-refractivity contribution in [3.63, 3.8) is 0 Å². The van der Waals surface area contributed by atoms with E-state index in [-0.39, 0.29) is 55.7 Å². The third-order valence-corrected chi connectivity index (χ3v) is 25.3. The number of carbonyl (C=O) groups is 7. The molecule has 0 bridgehead atoms. The average Bonchev–Trinajstić information content (AvgIpc) is 1.60. The molecule has 718 valence electrons. The fraction of sp³-hybridized carbons (Fsp3) is 0.276. The summed E-state index contributed by atoms with van der Waals surface area (Å²) < 4.78 is 33.9. The number of aryl methyl sites for hydroxylation is 1. The van der Waals surface area contributed by atoms with Crippen LogP contribution in [0.2, 0.25) is 0 Å². The number of benzene rings is 4. The molecule has 3 amide bonds. The summed E-state index contributed by atoms with van der Waals surface area (Å²) in [4.78, 5) is 134. The van der Waals surface area contributed by atoms with Crippen molar-refractivity contribution in [3.8, 4) is 33.8 Å². The fourth-order valence-electron chi connectivity index (χ4n) is 18.3. The van der Waals surface area contributed by atoms with Crippen LogP contribution < -0.4 is 19.6 Å². The van der Waals surface area contributed by atoms with Crippen molar-refractivity contribution in [1.82, 2.24) is 102 Å². The summed E-state index contributed by atoms with van der Waals surface area (Å²) in [6.07, 6.45) is 18.6. The number of aromatic nitrogens is 18. The smallest absolute Gasteiger partial charge is 0.343 e. The molecule has 36 nitrogen and oxygen atoms in total. The van der Waals surface area contributed by atoms with Crippen molar-refractivity contribution in [3.05, 3.63) is 294 Å². The minimum atomic E-state index is -0.467. The Labute approximate surface area is 811 Å². The molecule has 3 aliphatic heterocycles. The van der Waals surface area contributed by atoms with Crippen LogP contribution in [0.15, 0.2) is 244 Å². The number of nitrogens with zero attached hydrogens (tertiary/aromatic N) is 25. The summed E-state index contributed by atoms with van der Waals surface area (Å²) >= 11 is 0. The lowest BCUT2D eigenvalue weighted by Gasteiger charge is -2.21. The lowest BCUT2D eigenvalue weighted by molar-refractivity contribution is -0.127. The Morgan fingerprint density at radius 2 is 0.582 bits per heavy atom. The molecule has 3 saturated heterocycles. The molecule has 3 atom stereocenters. The molecule has 1 unspecified atom stereocenters. The van der Waals surface area contributed by atoms with Crippen molar-refractivity contribution in [2.24, 2.45) is 0 Å². The van der Waals surface area contributed by atoms with Gasteiger partial charge in [0.1, 0.15) is 62.5 Å². The first-order chi connectivity index (χ1) is 68.4. The number of rotatable bonds is 26. The SMILES string of the molecule is CCOC(=O)c1cnn2c(N(C)Cc3ccccc3)cc(-c3cn(C4CC(=O)N(C)C4)c4ncccc34)nc12.CCOC(=O)c1cnn2c(N(C)Cc3ccccc3)cc(-c3cn([C@@H]4CC(=O)N(C)C4)c4ncccc34)nc12.CCOC(=O)c1cnn2c(N(C)Cc3ccccc3)cc(-c3cn([C@H]4CC(=O)N(C)C4)c4ncccc34)nc12.CCOC(=O)c1cnn2c(N(C)Cc3ccccc3)cc(C)nc12. The third kappa shape index (κ3) is 19.5. The van der Waals surface area contributed by atoms with Crippen LogP contribution in [0.3, 0.4) is 0 Å². The molecule has 36 heteroatoms. The number of hydrogen-bond donors (Lipinski definition) is 0. The Kier molecular flexibility index (Phi) is 27.5. The normalized spacial score (nSPS) is 14.6. The molecule has 3 aliphatic rings. The second-order valence-electron chi connectivity index (χ2n) is 35.0. The van der Waals surface area contributed by atoms with E-state index in [0.29, 0.717) is 127 Å². The van der Waals surface area contributed by atoms with Gasteiger partial charge in [0.05, 0.1) is 86.4 Å². The topological polar surface area (TPSA) is 353 Å².